The molecular weight excluding hydrogens is 765 g/mol. The highest BCUT2D eigenvalue weighted by molar-refractivity contribution is 5.93. The molecule has 0 bridgehead atoms. The molecule has 2 saturated heterocycles. The van der Waals surface area contributed by atoms with Crippen molar-refractivity contribution in [3.8, 4) is 34.0 Å². The number of carboxylic acid groups (broad SMARTS) is 1. The van der Waals surface area contributed by atoms with Crippen molar-refractivity contribution in [1.82, 2.24) is 40.4 Å². The zero-order valence-corrected chi connectivity index (χ0v) is 34.7. The minimum Gasteiger partial charge on any atom is -0.465 e. The third kappa shape index (κ3) is 7.52. The fourth-order valence-corrected chi connectivity index (χ4v) is 9.10. The predicted molar refractivity (Wildman–Crippen MR) is 224 cm³/mol. The summed E-state index contributed by atoms with van der Waals surface area (Å²) in [5.74, 6) is 2.29. The SMILES string of the molecule is COC(=O)N[C@H](C(=O)N1CCC[C@H]1c1ncc(-c2ccc3c4c(ccc3c2)Oc2cc(-c3cnc([C@@H]5CCCN5C(=O)[C@@H](NC(=O)O)C(C)C)[nH]3)ccc2C4C)[nH]1)C(C)C. The molecule has 5 aromatic rings. The number of likely N-dealkylation sites (tertiary alicyclic amines) is 2. The zero-order valence-electron chi connectivity index (χ0n) is 34.7. The first kappa shape index (κ1) is 40.4. The number of benzene rings is 3. The van der Waals surface area contributed by atoms with E-state index in [1.165, 1.54) is 7.11 Å². The molecule has 0 aliphatic carbocycles. The van der Waals surface area contributed by atoms with Crippen LogP contribution in [0.1, 0.15) is 101 Å². The van der Waals surface area contributed by atoms with E-state index in [0.29, 0.717) is 24.7 Å². The van der Waals surface area contributed by atoms with E-state index >= 15 is 0 Å². The highest BCUT2D eigenvalue weighted by atomic mass is 16.5. The number of methoxy groups -OCH3 is 1. The molecule has 8 rings (SSSR count). The van der Waals surface area contributed by atoms with Gasteiger partial charge < -0.3 is 45.0 Å². The number of alkyl carbamates (subject to hydrolysis) is 1. The van der Waals surface area contributed by atoms with Crippen LogP contribution in [0.4, 0.5) is 9.59 Å². The molecule has 15 nitrogen and oxygen atoms in total. The van der Waals surface area contributed by atoms with Crippen molar-refractivity contribution in [3.63, 3.8) is 0 Å². The number of rotatable bonds is 10. The number of aromatic amines is 2. The van der Waals surface area contributed by atoms with E-state index in [-0.39, 0.29) is 41.7 Å². The molecule has 2 aromatic heterocycles. The Kier molecular flexibility index (Phi) is 11.0. The number of carbonyl (C=O) groups is 4. The Hall–Kier alpha value is -6.38. The van der Waals surface area contributed by atoms with Crippen molar-refractivity contribution >= 4 is 34.8 Å². The van der Waals surface area contributed by atoms with Gasteiger partial charge in [-0.15, -0.1) is 0 Å². The summed E-state index contributed by atoms with van der Waals surface area (Å²) in [4.78, 5) is 70.5. The van der Waals surface area contributed by atoms with E-state index in [4.69, 9.17) is 14.5 Å². The first-order chi connectivity index (χ1) is 28.8. The first-order valence-electron chi connectivity index (χ1n) is 20.8. The third-order valence-corrected chi connectivity index (χ3v) is 12.3. The fraction of sp³-hybridized carbons (Fsp3) is 0.422. The van der Waals surface area contributed by atoms with E-state index in [1.54, 1.807) is 11.1 Å². The van der Waals surface area contributed by atoms with Crippen molar-refractivity contribution in [2.24, 2.45) is 11.8 Å². The van der Waals surface area contributed by atoms with Gasteiger partial charge in [-0.2, -0.15) is 0 Å². The van der Waals surface area contributed by atoms with Gasteiger partial charge in [-0.25, -0.2) is 19.6 Å². The summed E-state index contributed by atoms with van der Waals surface area (Å²) in [5, 5.41) is 16.6. The lowest BCUT2D eigenvalue weighted by molar-refractivity contribution is -0.136. The Balaban J connectivity index is 0.992. The number of fused-ring (bicyclic) bond motifs is 4. The number of nitrogens with one attached hydrogen (secondary N) is 4. The van der Waals surface area contributed by atoms with Crippen LogP contribution in [0.3, 0.4) is 0 Å². The maximum atomic E-state index is 13.7. The van der Waals surface area contributed by atoms with Gasteiger partial charge in [0.1, 0.15) is 35.2 Å². The Bertz CT molecular complexity index is 2460. The number of aromatic nitrogens is 4. The molecule has 4 amide bonds. The number of carbonyl (C=O) groups excluding carboxylic acids is 3. The molecule has 5 heterocycles. The molecule has 1 unspecified atom stereocenters. The largest absolute Gasteiger partial charge is 0.465 e. The summed E-state index contributed by atoms with van der Waals surface area (Å²) in [6.07, 6.45) is 4.88. The van der Waals surface area contributed by atoms with Gasteiger partial charge in [-0.05, 0) is 66.5 Å². The van der Waals surface area contributed by atoms with Crippen molar-refractivity contribution in [2.75, 3.05) is 20.2 Å². The van der Waals surface area contributed by atoms with Gasteiger partial charge >= 0.3 is 12.2 Å². The number of H-pyrrole nitrogens is 2. The van der Waals surface area contributed by atoms with Crippen LogP contribution in [-0.2, 0) is 14.3 Å². The average Bonchev–Trinajstić information content (AvgIpc) is 4.07. The fourth-order valence-electron chi connectivity index (χ4n) is 9.10. The minimum atomic E-state index is -1.22. The van der Waals surface area contributed by atoms with E-state index in [0.717, 1.165) is 81.6 Å². The smallest absolute Gasteiger partial charge is 0.407 e. The van der Waals surface area contributed by atoms with Gasteiger partial charge in [-0.3, -0.25) is 9.59 Å². The van der Waals surface area contributed by atoms with Crippen LogP contribution in [0.5, 0.6) is 11.5 Å². The molecule has 5 atom stereocenters. The molecule has 60 heavy (non-hydrogen) atoms. The number of hydrogen-bond acceptors (Lipinski definition) is 8. The highest BCUT2D eigenvalue weighted by Crippen LogP contribution is 2.48. The molecule has 0 spiro atoms. The molecular formula is C45H52N8O7. The summed E-state index contributed by atoms with van der Waals surface area (Å²) < 4.78 is 11.4. The molecule has 3 aliphatic heterocycles. The van der Waals surface area contributed by atoms with E-state index in [1.807, 2.05) is 50.9 Å². The lowest BCUT2D eigenvalue weighted by atomic mass is 9.85. The molecule has 314 valence electrons. The van der Waals surface area contributed by atoms with Gasteiger partial charge in [0.05, 0.1) is 43.0 Å². The van der Waals surface area contributed by atoms with E-state index in [9.17, 15) is 24.3 Å². The van der Waals surface area contributed by atoms with Crippen LogP contribution >= 0.6 is 0 Å². The average molecular weight is 817 g/mol. The van der Waals surface area contributed by atoms with Gasteiger partial charge in [0.15, 0.2) is 0 Å². The van der Waals surface area contributed by atoms with Gasteiger partial charge in [0.2, 0.25) is 11.8 Å². The topological polar surface area (TPSA) is 195 Å². The van der Waals surface area contributed by atoms with Crippen LogP contribution in [0, 0.1) is 11.8 Å². The summed E-state index contributed by atoms with van der Waals surface area (Å²) in [5.41, 5.74) is 5.70. The van der Waals surface area contributed by atoms with Gasteiger partial charge in [-0.1, -0.05) is 65.0 Å². The Morgan fingerprint density at radius 3 is 1.92 bits per heavy atom. The molecule has 3 aliphatic rings. The second kappa shape index (κ2) is 16.3. The van der Waals surface area contributed by atoms with Crippen molar-refractivity contribution in [1.29, 1.82) is 0 Å². The second-order valence-electron chi connectivity index (χ2n) is 16.8. The normalized spacial score (nSPS) is 19.5. The van der Waals surface area contributed by atoms with Crippen LogP contribution in [-0.4, -0.2) is 91.1 Å². The highest BCUT2D eigenvalue weighted by Gasteiger charge is 2.39. The molecule has 15 heteroatoms. The lowest BCUT2D eigenvalue weighted by Gasteiger charge is -2.30. The van der Waals surface area contributed by atoms with Gasteiger partial charge in [0, 0.05) is 41.3 Å². The van der Waals surface area contributed by atoms with Crippen LogP contribution in [0.25, 0.3) is 33.3 Å². The van der Waals surface area contributed by atoms with Crippen molar-refractivity contribution < 1.29 is 33.8 Å². The maximum absolute atomic E-state index is 13.7. The van der Waals surface area contributed by atoms with Crippen LogP contribution in [0.2, 0.25) is 0 Å². The monoisotopic (exact) mass is 816 g/mol. The second-order valence-corrected chi connectivity index (χ2v) is 16.8. The summed E-state index contributed by atoms with van der Waals surface area (Å²) in [6.45, 7) is 10.8. The third-order valence-electron chi connectivity index (χ3n) is 12.3. The van der Waals surface area contributed by atoms with Gasteiger partial charge in [0.25, 0.3) is 0 Å². The lowest BCUT2D eigenvalue weighted by Crippen LogP contribution is -2.51. The molecule has 5 N–H and O–H groups in total. The number of hydrogen-bond donors (Lipinski definition) is 5. The number of amides is 4. The predicted octanol–water partition coefficient (Wildman–Crippen LogP) is 7.88. The number of imidazole rings is 2. The molecule has 0 saturated carbocycles. The first-order valence-corrected chi connectivity index (χ1v) is 20.8. The molecule has 0 radical (unpaired) electrons. The van der Waals surface area contributed by atoms with E-state index < -0.39 is 24.3 Å². The molecule has 2 fully saturated rings. The van der Waals surface area contributed by atoms with E-state index in [2.05, 4.69) is 68.9 Å². The van der Waals surface area contributed by atoms with Crippen molar-refractivity contribution in [3.05, 3.63) is 83.7 Å². The Labute approximate surface area is 348 Å². The standard InChI is InChI=1S/C45H52N8O7/c1-23(2)38(50-44(56)57)42(54)52-17-7-9-33(52)41-47-22-32(49-41)28-11-14-29-25(5)37-30-15-12-27(19-26(30)13-16-35(37)60-36(29)20-28)31-21-46-40(48-31)34-10-8-18-53(34)43(55)39(24(3)4)51-45(58)59-6/h11-16,19-25,33-34,38-39,50H,7-10,17-18H2,1-6H3,(H,46,48)(H,47,49)(H,51,58)(H,56,57)/t25?,33-,34-,38-,39-/m0/s1. The molecule has 3 aromatic carbocycles. The number of nitrogens with zero attached hydrogens (tertiary/aromatic N) is 4. The Morgan fingerprint density at radius 2 is 1.35 bits per heavy atom. The Morgan fingerprint density at radius 1 is 0.783 bits per heavy atom. The summed E-state index contributed by atoms with van der Waals surface area (Å²) in [7, 11) is 1.29. The quantitative estimate of drug-likeness (QED) is 0.0932. The maximum Gasteiger partial charge on any atom is 0.407 e. The van der Waals surface area contributed by atoms with Crippen molar-refractivity contribution in [2.45, 2.75) is 90.4 Å². The summed E-state index contributed by atoms with van der Waals surface area (Å²) in [6, 6.07) is 14.6. The van der Waals surface area contributed by atoms with Crippen LogP contribution < -0.4 is 15.4 Å². The van der Waals surface area contributed by atoms with Crippen LogP contribution in [0.15, 0.2) is 60.9 Å². The summed E-state index contributed by atoms with van der Waals surface area (Å²) >= 11 is 0. The number of ether oxygens (including phenoxy) is 2. The zero-order chi connectivity index (χ0) is 42.4. The minimum absolute atomic E-state index is 0.0454.